The summed E-state index contributed by atoms with van der Waals surface area (Å²) in [6.07, 6.45) is 4.58. The topological polar surface area (TPSA) is 107 Å². The lowest BCUT2D eigenvalue weighted by Crippen LogP contribution is -2.46. The summed E-state index contributed by atoms with van der Waals surface area (Å²) in [6, 6.07) is 2.63. The van der Waals surface area contributed by atoms with Crippen LogP contribution in [0.4, 0.5) is 0 Å². The second-order valence-electron chi connectivity index (χ2n) is 5.39. The zero-order valence-corrected chi connectivity index (χ0v) is 11.6. The van der Waals surface area contributed by atoms with Gasteiger partial charge in [0.1, 0.15) is 17.5 Å². The van der Waals surface area contributed by atoms with Crippen molar-refractivity contribution in [3.05, 3.63) is 23.8 Å². The minimum atomic E-state index is -1.06. The molecule has 0 saturated heterocycles. The Labute approximate surface area is 122 Å². The van der Waals surface area contributed by atoms with Crippen molar-refractivity contribution in [2.24, 2.45) is 5.92 Å². The molecule has 1 atom stereocenters. The number of benzene rings is 1. The van der Waals surface area contributed by atoms with Crippen LogP contribution < -0.4 is 5.32 Å². The molecule has 1 aromatic carbocycles. The van der Waals surface area contributed by atoms with E-state index in [1.807, 2.05) is 0 Å². The molecule has 114 valence electrons. The van der Waals surface area contributed by atoms with Crippen molar-refractivity contribution in [3.63, 3.8) is 0 Å². The number of rotatable bonds is 4. The summed E-state index contributed by atoms with van der Waals surface area (Å²) in [6.45, 7) is 0. The molecule has 6 nitrogen and oxygen atoms in total. The van der Waals surface area contributed by atoms with Gasteiger partial charge in [0.05, 0.1) is 5.56 Å². The Morgan fingerprint density at radius 2 is 1.81 bits per heavy atom. The maximum atomic E-state index is 12.1. The van der Waals surface area contributed by atoms with Crippen molar-refractivity contribution in [1.82, 2.24) is 5.32 Å². The van der Waals surface area contributed by atoms with Gasteiger partial charge in [-0.25, -0.2) is 4.79 Å². The molecule has 4 N–H and O–H groups in total. The molecular weight excluding hydrogens is 274 g/mol. The summed E-state index contributed by atoms with van der Waals surface area (Å²) in [5.41, 5.74) is -0.0464. The van der Waals surface area contributed by atoms with E-state index < -0.39 is 17.9 Å². The minimum Gasteiger partial charge on any atom is -0.508 e. The van der Waals surface area contributed by atoms with E-state index in [0.717, 1.165) is 38.2 Å². The molecule has 1 aliphatic carbocycles. The van der Waals surface area contributed by atoms with Crippen molar-refractivity contribution in [2.45, 2.75) is 38.1 Å². The Hall–Kier alpha value is -2.24. The highest BCUT2D eigenvalue weighted by molar-refractivity contribution is 5.99. The number of phenols is 2. The van der Waals surface area contributed by atoms with Gasteiger partial charge in [-0.15, -0.1) is 0 Å². The predicted octanol–water partition coefficient (Wildman–Crippen LogP) is 1.86. The van der Waals surface area contributed by atoms with E-state index in [1.165, 1.54) is 12.1 Å². The molecule has 1 aliphatic rings. The number of hydrogen-bond donors (Lipinski definition) is 4. The maximum Gasteiger partial charge on any atom is 0.326 e. The predicted molar refractivity (Wildman–Crippen MR) is 75.2 cm³/mol. The molecule has 1 aromatic rings. The molecular formula is C15H19NO5. The average molecular weight is 293 g/mol. The van der Waals surface area contributed by atoms with Crippen molar-refractivity contribution < 1.29 is 24.9 Å². The van der Waals surface area contributed by atoms with Crippen LogP contribution in [0.2, 0.25) is 0 Å². The number of carboxylic acids is 1. The number of aromatic hydroxyl groups is 2. The zero-order valence-electron chi connectivity index (χ0n) is 11.6. The van der Waals surface area contributed by atoms with Crippen LogP contribution in [0.5, 0.6) is 11.5 Å². The van der Waals surface area contributed by atoms with Gasteiger partial charge >= 0.3 is 5.97 Å². The van der Waals surface area contributed by atoms with E-state index in [9.17, 15) is 24.9 Å². The maximum absolute atomic E-state index is 12.1. The second kappa shape index (κ2) is 6.47. The van der Waals surface area contributed by atoms with Gasteiger partial charge in [-0.3, -0.25) is 4.79 Å². The molecule has 0 spiro atoms. The van der Waals surface area contributed by atoms with Crippen molar-refractivity contribution in [3.8, 4) is 11.5 Å². The van der Waals surface area contributed by atoms with Gasteiger partial charge in [-0.1, -0.05) is 19.3 Å². The first-order valence-electron chi connectivity index (χ1n) is 7.04. The third kappa shape index (κ3) is 3.65. The smallest absolute Gasteiger partial charge is 0.326 e. The number of phenolic OH excluding ortho intramolecular Hbond substituents is 2. The Balaban J connectivity index is 2.12. The van der Waals surface area contributed by atoms with Gasteiger partial charge in [0.25, 0.3) is 5.91 Å². The lowest BCUT2D eigenvalue weighted by atomic mass is 9.84. The van der Waals surface area contributed by atoms with Crippen LogP contribution in [-0.4, -0.2) is 33.2 Å². The Morgan fingerprint density at radius 3 is 2.38 bits per heavy atom. The largest absolute Gasteiger partial charge is 0.508 e. The SMILES string of the molecule is O=C(NC(C(=O)O)C1CCCCC1)c1ccc(O)cc1O. The van der Waals surface area contributed by atoms with Crippen LogP contribution >= 0.6 is 0 Å². The fourth-order valence-corrected chi connectivity index (χ4v) is 2.78. The first-order chi connectivity index (χ1) is 9.99. The Bertz CT molecular complexity index is 537. The molecule has 0 aliphatic heterocycles. The van der Waals surface area contributed by atoms with Crippen LogP contribution in [-0.2, 0) is 4.79 Å². The number of hydrogen-bond acceptors (Lipinski definition) is 4. The third-order valence-corrected chi connectivity index (χ3v) is 3.90. The normalized spacial score (nSPS) is 17.1. The highest BCUT2D eigenvalue weighted by Gasteiger charge is 2.31. The summed E-state index contributed by atoms with van der Waals surface area (Å²) in [4.78, 5) is 23.5. The number of nitrogens with one attached hydrogen (secondary N) is 1. The van der Waals surface area contributed by atoms with Crippen LogP contribution in [0.3, 0.4) is 0 Å². The Morgan fingerprint density at radius 1 is 1.14 bits per heavy atom. The highest BCUT2D eigenvalue weighted by atomic mass is 16.4. The lowest BCUT2D eigenvalue weighted by molar-refractivity contribution is -0.141. The van der Waals surface area contributed by atoms with Gasteiger partial charge in [0.2, 0.25) is 0 Å². The van der Waals surface area contributed by atoms with Gasteiger partial charge in [0.15, 0.2) is 0 Å². The number of carbonyl (C=O) groups excluding carboxylic acids is 1. The Kier molecular flexibility index (Phi) is 4.67. The summed E-state index contributed by atoms with van der Waals surface area (Å²) >= 11 is 0. The second-order valence-corrected chi connectivity index (χ2v) is 5.39. The van der Waals surface area contributed by atoms with Gasteiger partial charge in [-0.05, 0) is 30.9 Å². The van der Waals surface area contributed by atoms with E-state index >= 15 is 0 Å². The minimum absolute atomic E-state index is 0.0464. The zero-order chi connectivity index (χ0) is 15.4. The van der Waals surface area contributed by atoms with Gasteiger partial charge in [-0.2, -0.15) is 0 Å². The highest BCUT2D eigenvalue weighted by Crippen LogP contribution is 2.28. The van der Waals surface area contributed by atoms with Crippen LogP contribution in [0, 0.1) is 5.92 Å². The fraction of sp³-hybridized carbons (Fsp3) is 0.467. The third-order valence-electron chi connectivity index (χ3n) is 3.90. The molecule has 6 heteroatoms. The molecule has 2 rings (SSSR count). The average Bonchev–Trinajstić information content (AvgIpc) is 2.45. The molecule has 0 bridgehead atoms. The number of carbonyl (C=O) groups is 2. The van der Waals surface area contributed by atoms with Crippen molar-refractivity contribution >= 4 is 11.9 Å². The fourth-order valence-electron chi connectivity index (χ4n) is 2.78. The van der Waals surface area contributed by atoms with Crippen LogP contribution in [0.15, 0.2) is 18.2 Å². The molecule has 1 amide bonds. The molecule has 0 aromatic heterocycles. The summed E-state index contributed by atoms with van der Waals surface area (Å²) < 4.78 is 0. The first-order valence-corrected chi connectivity index (χ1v) is 7.04. The van der Waals surface area contributed by atoms with Crippen molar-refractivity contribution in [1.29, 1.82) is 0 Å². The van der Waals surface area contributed by atoms with E-state index in [4.69, 9.17) is 0 Å². The molecule has 0 heterocycles. The number of carboxylic acid groups (broad SMARTS) is 1. The quantitative estimate of drug-likeness (QED) is 0.678. The van der Waals surface area contributed by atoms with E-state index in [2.05, 4.69) is 5.32 Å². The number of aliphatic carboxylic acids is 1. The van der Waals surface area contributed by atoms with E-state index in [-0.39, 0.29) is 23.0 Å². The van der Waals surface area contributed by atoms with Gasteiger partial charge < -0.3 is 20.6 Å². The van der Waals surface area contributed by atoms with Crippen LogP contribution in [0.25, 0.3) is 0 Å². The van der Waals surface area contributed by atoms with Crippen LogP contribution in [0.1, 0.15) is 42.5 Å². The molecule has 1 fully saturated rings. The first kappa shape index (κ1) is 15.2. The standard InChI is InChI=1S/C15H19NO5/c17-10-6-7-11(12(18)8-10)14(19)16-13(15(20)21)9-4-2-1-3-5-9/h6-9,13,17-18H,1-5H2,(H,16,19)(H,20,21). The van der Waals surface area contributed by atoms with E-state index in [1.54, 1.807) is 0 Å². The number of amides is 1. The molecule has 1 saturated carbocycles. The molecule has 1 unspecified atom stereocenters. The molecule has 21 heavy (non-hydrogen) atoms. The summed E-state index contributed by atoms with van der Waals surface area (Å²) in [5, 5.41) is 30.7. The monoisotopic (exact) mass is 293 g/mol. The van der Waals surface area contributed by atoms with Gasteiger partial charge in [0, 0.05) is 6.07 Å². The van der Waals surface area contributed by atoms with E-state index in [0.29, 0.717) is 0 Å². The van der Waals surface area contributed by atoms with Crippen molar-refractivity contribution in [2.75, 3.05) is 0 Å². The summed E-state index contributed by atoms with van der Waals surface area (Å²) in [5.74, 6) is -2.33. The lowest BCUT2D eigenvalue weighted by Gasteiger charge is -2.28. The summed E-state index contributed by atoms with van der Waals surface area (Å²) in [7, 11) is 0. The molecule has 0 radical (unpaired) electrons.